The Hall–Kier alpha value is -2.99. The normalized spacial score (nSPS) is 18.9. The molecule has 2 aliphatic heterocycles. The molecule has 1 unspecified atom stereocenters. The fraction of sp³-hybridized carbons (Fsp3) is 0.385. The largest absolute Gasteiger partial charge is 0.493 e. The Kier molecular flexibility index (Phi) is 5.79. The Bertz CT molecular complexity index is 1140. The van der Waals surface area contributed by atoms with Gasteiger partial charge >= 0.3 is 0 Å². The predicted octanol–water partition coefficient (Wildman–Crippen LogP) is 5.08. The zero-order valence-corrected chi connectivity index (χ0v) is 18.7. The number of ether oxygens (including phenoxy) is 2. The van der Waals surface area contributed by atoms with E-state index in [-0.39, 0.29) is 11.9 Å². The van der Waals surface area contributed by atoms with Crippen LogP contribution in [0.15, 0.2) is 48.7 Å². The minimum absolute atomic E-state index is 0.0856. The molecule has 1 N–H and O–H groups in total. The zero-order valence-electron chi connectivity index (χ0n) is 18.7. The van der Waals surface area contributed by atoms with Crippen molar-refractivity contribution in [3.8, 4) is 11.5 Å². The van der Waals surface area contributed by atoms with Crippen LogP contribution < -0.4 is 14.4 Å². The highest BCUT2D eigenvalue weighted by molar-refractivity contribution is 5.92. The van der Waals surface area contributed by atoms with E-state index in [1.54, 1.807) is 19.2 Å². The van der Waals surface area contributed by atoms with Gasteiger partial charge in [0.25, 0.3) is 0 Å². The molecule has 0 radical (unpaired) electrons. The lowest BCUT2D eigenvalue weighted by atomic mass is 9.98. The summed E-state index contributed by atoms with van der Waals surface area (Å²) in [5.41, 5.74) is 4.49. The number of anilines is 1. The average molecular weight is 436 g/mol. The molecule has 3 heterocycles. The number of halogens is 1. The number of fused-ring (bicyclic) bond motifs is 2. The standard InChI is InChI=1S/C26H30FN3O2/c1-3-11-30-17-20(32-26-24(30)5-4-6-25(26)31-2)16-29-12-9-18(10-13-29)22-15-28-23-8-7-19(27)14-21(22)23/h4-9,14-15,20,28H,3,10-13,16-17H2,1-2H3. The molecule has 32 heavy (non-hydrogen) atoms. The Morgan fingerprint density at radius 1 is 1.25 bits per heavy atom. The second-order valence-corrected chi connectivity index (χ2v) is 8.63. The number of nitrogens with one attached hydrogen (secondary N) is 1. The predicted molar refractivity (Wildman–Crippen MR) is 127 cm³/mol. The van der Waals surface area contributed by atoms with Gasteiger partial charge in [-0.25, -0.2) is 4.39 Å². The highest BCUT2D eigenvalue weighted by Crippen LogP contribution is 2.41. The van der Waals surface area contributed by atoms with Crippen molar-refractivity contribution in [1.82, 2.24) is 9.88 Å². The van der Waals surface area contributed by atoms with Gasteiger partial charge in [0.1, 0.15) is 11.9 Å². The lowest BCUT2D eigenvalue weighted by Gasteiger charge is -2.39. The van der Waals surface area contributed by atoms with Crippen molar-refractivity contribution >= 4 is 22.2 Å². The zero-order chi connectivity index (χ0) is 22.1. The SMILES string of the molecule is CCCN1CC(CN2CC=C(c3c[nH]c4ccc(F)cc34)CC2)Oc2c(OC)cccc21. The van der Waals surface area contributed by atoms with E-state index in [4.69, 9.17) is 9.47 Å². The Labute approximate surface area is 188 Å². The van der Waals surface area contributed by atoms with E-state index in [1.807, 2.05) is 18.3 Å². The van der Waals surface area contributed by atoms with Crippen molar-refractivity contribution < 1.29 is 13.9 Å². The maximum Gasteiger partial charge on any atom is 0.184 e. The van der Waals surface area contributed by atoms with Gasteiger partial charge in [0.05, 0.1) is 19.3 Å². The number of methoxy groups -OCH3 is 1. The first-order valence-corrected chi connectivity index (χ1v) is 11.4. The van der Waals surface area contributed by atoms with Crippen LogP contribution in [0, 0.1) is 5.82 Å². The van der Waals surface area contributed by atoms with E-state index in [9.17, 15) is 4.39 Å². The summed E-state index contributed by atoms with van der Waals surface area (Å²) >= 11 is 0. The number of rotatable bonds is 6. The summed E-state index contributed by atoms with van der Waals surface area (Å²) < 4.78 is 25.8. The van der Waals surface area contributed by atoms with Gasteiger partial charge in [0, 0.05) is 48.8 Å². The molecule has 6 heteroatoms. The fourth-order valence-corrected chi connectivity index (χ4v) is 4.93. The van der Waals surface area contributed by atoms with Crippen LogP contribution in [-0.4, -0.2) is 55.8 Å². The van der Waals surface area contributed by atoms with Crippen LogP contribution in [0.5, 0.6) is 11.5 Å². The number of benzene rings is 2. The lowest BCUT2D eigenvalue weighted by molar-refractivity contribution is 0.130. The molecule has 0 bridgehead atoms. The van der Waals surface area contributed by atoms with Crippen LogP contribution in [0.3, 0.4) is 0 Å². The summed E-state index contributed by atoms with van der Waals surface area (Å²) in [7, 11) is 1.69. The van der Waals surface area contributed by atoms with Crippen molar-refractivity contribution in [2.45, 2.75) is 25.9 Å². The molecule has 0 aliphatic carbocycles. The second-order valence-electron chi connectivity index (χ2n) is 8.63. The van der Waals surface area contributed by atoms with Gasteiger partial charge in [-0.2, -0.15) is 0 Å². The molecule has 0 fully saturated rings. The molecule has 0 saturated heterocycles. The van der Waals surface area contributed by atoms with Crippen LogP contribution in [0.4, 0.5) is 10.1 Å². The molecule has 3 aromatic rings. The topological polar surface area (TPSA) is 40.7 Å². The summed E-state index contributed by atoms with van der Waals surface area (Å²) in [5, 5.41) is 0.958. The molecule has 2 aliphatic rings. The molecule has 1 aromatic heterocycles. The molecule has 0 amide bonds. The molecule has 168 valence electrons. The number of nitrogens with zero attached hydrogens (tertiary/aromatic N) is 2. The fourth-order valence-electron chi connectivity index (χ4n) is 4.93. The molecule has 5 rings (SSSR count). The van der Waals surface area contributed by atoms with Gasteiger partial charge in [0.2, 0.25) is 0 Å². The molecule has 1 atom stereocenters. The molecule has 0 spiro atoms. The first-order chi connectivity index (χ1) is 15.7. The lowest BCUT2D eigenvalue weighted by Crippen LogP contribution is -2.47. The monoisotopic (exact) mass is 435 g/mol. The van der Waals surface area contributed by atoms with Gasteiger partial charge in [-0.1, -0.05) is 19.1 Å². The Morgan fingerprint density at radius 2 is 2.16 bits per heavy atom. The van der Waals surface area contributed by atoms with Crippen molar-refractivity contribution in [2.75, 3.05) is 44.7 Å². The minimum Gasteiger partial charge on any atom is -0.493 e. The number of aromatic amines is 1. The summed E-state index contributed by atoms with van der Waals surface area (Å²) in [6, 6.07) is 11.0. The van der Waals surface area contributed by atoms with E-state index in [1.165, 1.54) is 11.6 Å². The van der Waals surface area contributed by atoms with Gasteiger partial charge in [-0.15, -0.1) is 0 Å². The summed E-state index contributed by atoms with van der Waals surface area (Å²) in [4.78, 5) is 8.12. The molecular formula is C26H30FN3O2. The Balaban J connectivity index is 1.30. The van der Waals surface area contributed by atoms with E-state index in [0.717, 1.165) is 79.2 Å². The summed E-state index contributed by atoms with van der Waals surface area (Å²) in [5.74, 6) is 1.45. The third kappa shape index (κ3) is 3.95. The van der Waals surface area contributed by atoms with E-state index < -0.39 is 0 Å². The first-order valence-electron chi connectivity index (χ1n) is 11.4. The van der Waals surface area contributed by atoms with Crippen LogP contribution in [-0.2, 0) is 0 Å². The van der Waals surface area contributed by atoms with Crippen molar-refractivity contribution in [1.29, 1.82) is 0 Å². The molecule has 5 nitrogen and oxygen atoms in total. The van der Waals surface area contributed by atoms with Crippen molar-refractivity contribution in [2.24, 2.45) is 0 Å². The van der Waals surface area contributed by atoms with Gasteiger partial charge in [0.15, 0.2) is 11.5 Å². The number of H-pyrrole nitrogens is 1. The maximum atomic E-state index is 13.8. The quantitative estimate of drug-likeness (QED) is 0.586. The molecule has 2 aromatic carbocycles. The first kappa shape index (κ1) is 20.9. The Morgan fingerprint density at radius 3 is 2.94 bits per heavy atom. The second kappa shape index (κ2) is 8.87. The van der Waals surface area contributed by atoms with E-state index >= 15 is 0 Å². The van der Waals surface area contributed by atoms with E-state index in [0.29, 0.717) is 0 Å². The number of hydrogen-bond donors (Lipinski definition) is 1. The smallest absolute Gasteiger partial charge is 0.184 e. The molecule has 0 saturated carbocycles. The third-order valence-corrected chi connectivity index (χ3v) is 6.47. The highest BCUT2D eigenvalue weighted by atomic mass is 19.1. The summed E-state index contributed by atoms with van der Waals surface area (Å²) in [6.07, 6.45) is 6.39. The van der Waals surface area contributed by atoms with Crippen LogP contribution in [0.1, 0.15) is 25.3 Å². The van der Waals surface area contributed by atoms with Crippen LogP contribution in [0.2, 0.25) is 0 Å². The number of aromatic nitrogens is 1. The third-order valence-electron chi connectivity index (χ3n) is 6.47. The van der Waals surface area contributed by atoms with Gasteiger partial charge < -0.3 is 19.4 Å². The van der Waals surface area contributed by atoms with Crippen LogP contribution in [0.25, 0.3) is 16.5 Å². The number of para-hydroxylation sites is 1. The van der Waals surface area contributed by atoms with Crippen molar-refractivity contribution in [3.05, 3.63) is 60.1 Å². The number of hydrogen-bond acceptors (Lipinski definition) is 4. The van der Waals surface area contributed by atoms with Gasteiger partial charge in [-0.05, 0) is 48.7 Å². The molecular weight excluding hydrogens is 405 g/mol. The van der Waals surface area contributed by atoms with Crippen LogP contribution >= 0.6 is 0 Å². The van der Waals surface area contributed by atoms with E-state index in [2.05, 4.69) is 33.8 Å². The van der Waals surface area contributed by atoms with Gasteiger partial charge in [-0.3, -0.25) is 4.90 Å². The average Bonchev–Trinajstić information content (AvgIpc) is 3.22. The summed E-state index contributed by atoms with van der Waals surface area (Å²) in [6.45, 7) is 6.77. The van der Waals surface area contributed by atoms with Crippen molar-refractivity contribution in [3.63, 3.8) is 0 Å². The maximum absolute atomic E-state index is 13.8. The highest BCUT2D eigenvalue weighted by Gasteiger charge is 2.29. The minimum atomic E-state index is -0.196.